The summed E-state index contributed by atoms with van der Waals surface area (Å²) in [7, 11) is 0. The van der Waals surface area contributed by atoms with Gasteiger partial charge in [0.25, 0.3) is 0 Å². The van der Waals surface area contributed by atoms with Crippen LogP contribution in [0, 0.1) is 6.92 Å². The summed E-state index contributed by atoms with van der Waals surface area (Å²) < 4.78 is 0. The fourth-order valence-electron chi connectivity index (χ4n) is 2.39. The number of carboxylic acid groups (broad SMARTS) is 1. The molecule has 110 valence electrons. The molecule has 1 aromatic carbocycles. The molecule has 1 unspecified atom stereocenters. The second kappa shape index (κ2) is 6.97. The normalized spacial score (nSPS) is 12.1. The van der Waals surface area contributed by atoms with Gasteiger partial charge in [-0.3, -0.25) is 4.79 Å². The van der Waals surface area contributed by atoms with Gasteiger partial charge in [0.2, 0.25) is 0 Å². The van der Waals surface area contributed by atoms with Crippen LogP contribution < -0.4 is 0 Å². The van der Waals surface area contributed by atoms with Crippen LogP contribution in [0.3, 0.4) is 0 Å². The number of carbonyl (C=O) groups is 1. The van der Waals surface area contributed by atoms with E-state index in [9.17, 15) is 9.90 Å². The summed E-state index contributed by atoms with van der Waals surface area (Å²) in [5.41, 5.74) is 3.63. The van der Waals surface area contributed by atoms with Gasteiger partial charge in [0.15, 0.2) is 0 Å². The number of hydrogen-bond donors (Lipinski definition) is 1. The maximum atomic E-state index is 11.6. The highest BCUT2D eigenvalue weighted by Crippen LogP contribution is 2.21. The topological polar surface area (TPSA) is 63.1 Å². The van der Waals surface area contributed by atoms with E-state index >= 15 is 0 Å². The molecule has 0 aliphatic carbocycles. The van der Waals surface area contributed by atoms with Crippen molar-refractivity contribution in [3.05, 3.63) is 59.2 Å². The fourth-order valence-corrected chi connectivity index (χ4v) is 2.39. The zero-order valence-electron chi connectivity index (χ0n) is 12.4. The monoisotopic (exact) mass is 284 g/mol. The second-order valence-corrected chi connectivity index (χ2v) is 5.27. The van der Waals surface area contributed by atoms with Gasteiger partial charge in [0.05, 0.1) is 5.69 Å². The Kier molecular flexibility index (Phi) is 5.04. The SMILES string of the molecule is CCCc1cc(C(Cc2cccc(C)c2)C(=O)O)ncn1. The maximum absolute atomic E-state index is 11.6. The number of hydrogen-bond acceptors (Lipinski definition) is 3. The highest BCUT2D eigenvalue weighted by Gasteiger charge is 2.22. The second-order valence-electron chi connectivity index (χ2n) is 5.27. The molecule has 1 heterocycles. The fraction of sp³-hybridized carbons (Fsp3) is 0.353. The molecule has 2 aromatic rings. The van der Waals surface area contributed by atoms with Crippen LogP contribution in [-0.4, -0.2) is 21.0 Å². The minimum Gasteiger partial charge on any atom is -0.481 e. The van der Waals surface area contributed by atoms with Gasteiger partial charge in [0.1, 0.15) is 12.2 Å². The molecule has 21 heavy (non-hydrogen) atoms. The number of aliphatic carboxylic acids is 1. The Bertz CT molecular complexity index is 626. The zero-order chi connectivity index (χ0) is 15.2. The van der Waals surface area contributed by atoms with Crippen LogP contribution in [0.15, 0.2) is 36.7 Å². The highest BCUT2D eigenvalue weighted by molar-refractivity contribution is 5.75. The highest BCUT2D eigenvalue weighted by atomic mass is 16.4. The summed E-state index contributed by atoms with van der Waals surface area (Å²) in [6.07, 6.45) is 3.73. The van der Waals surface area contributed by atoms with Crippen LogP contribution in [-0.2, 0) is 17.6 Å². The Morgan fingerprint density at radius 1 is 1.29 bits per heavy atom. The average molecular weight is 284 g/mol. The first-order valence-electron chi connectivity index (χ1n) is 7.19. The Hall–Kier alpha value is -2.23. The minimum atomic E-state index is -0.849. The molecule has 1 atom stereocenters. The molecular weight excluding hydrogens is 264 g/mol. The third-order valence-electron chi connectivity index (χ3n) is 3.43. The summed E-state index contributed by atoms with van der Waals surface area (Å²) in [4.78, 5) is 20.0. The summed E-state index contributed by atoms with van der Waals surface area (Å²) in [6.45, 7) is 4.08. The van der Waals surface area contributed by atoms with Crippen LogP contribution >= 0.6 is 0 Å². The van der Waals surface area contributed by atoms with E-state index in [0.29, 0.717) is 12.1 Å². The third kappa shape index (κ3) is 4.12. The van der Waals surface area contributed by atoms with Crippen molar-refractivity contribution in [1.82, 2.24) is 9.97 Å². The van der Waals surface area contributed by atoms with Crippen molar-refractivity contribution in [2.45, 2.75) is 39.0 Å². The molecule has 0 saturated heterocycles. The molecule has 0 saturated carbocycles. The molecule has 0 bridgehead atoms. The molecule has 0 aliphatic heterocycles. The van der Waals surface area contributed by atoms with Crippen molar-refractivity contribution in [1.29, 1.82) is 0 Å². The van der Waals surface area contributed by atoms with E-state index in [1.165, 1.54) is 6.33 Å². The van der Waals surface area contributed by atoms with Crippen molar-refractivity contribution in [2.75, 3.05) is 0 Å². The van der Waals surface area contributed by atoms with Gasteiger partial charge in [-0.2, -0.15) is 0 Å². The van der Waals surface area contributed by atoms with Gasteiger partial charge >= 0.3 is 5.97 Å². The summed E-state index contributed by atoms with van der Waals surface area (Å²) in [6, 6.07) is 9.74. The maximum Gasteiger partial charge on any atom is 0.312 e. The van der Waals surface area contributed by atoms with Gasteiger partial charge in [0, 0.05) is 5.69 Å². The Labute approximate surface area is 124 Å². The van der Waals surface area contributed by atoms with Gasteiger partial charge in [-0.1, -0.05) is 43.2 Å². The molecule has 0 aliphatic rings. The minimum absolute atomic E-state index is 0.444. The van der Waals surface area contributed by atoms with E-state index in [4.69, 9.17) is 0 Å². The van der Waals surface area contributed by atoms with E-state index in [0.717, 1.165) is 29.7 Å². The van der Waals surface area contributed by atoms with Crippen molar-refractivity contribution in [2.24, 2.45) is 0 Å². The van der Waals surface area contributed by atoms with Crippen molar-refractivity contribution >= 4 is 5.97 Å². The number of aromatic nitrogens is 2. The summed E-state index contributed by atoms with van der Waals surface area (Å²) in [5.74, 6) is -1.48. The number of carboxylic acids is 1. The van der Waals surface area contributed by atoms with Crippen LogP contribution in [0.2, 0.25) is 0 Å². The molecule has 1 aromatic heterocycles. The quantitative estimate of drug-likeness (QED) is 0.885. The average Bonchev–Trinajstić information content (AvgIpc) is 2.45. The molecule has 2 rings (SSSR count). The predicted molar refractivity (Wildman–Crippen MR) is 81.3 cm³/mol. The van der Waals surface area contributed by atoms with Crippen molar-refractivity contribution in [3.63, 3.8) is 0 Å². The Morgan fingerprint density at radius 2 is 2.10 bits per heavy atom. The van der Waals surface area contributed by atoms with Crippen molar-refractivity contribution < 1.29 is 9.90 Å². The van der Waals surface area contributed by atoms with Gasteiger partial charge in [-0.25, -0.2) is 9.97 Å². The molecule has 4 nitrogen and oxygen atoms in total. The van der Waals surface area contributed by atoms with E-state index in [1.54, 1.807) is 0 Å². The standard InChI is InChI=1S/C17H20N2O2/c1-3-5-14-10-16(19-11-18-14)15(17(20)21)9-13-7-4-6-12(2)8-13/h4,6-8,10-11,15H,3,5,9H2,1-2H3,(H,20,21). The lowest BCUT2D eigenvalue weighted by Crippen LogP contribution is -2.16. The molecule has 1 N–H and O–H groups in total. The van der Waals surface area contributed by atoms with Crippen LogP contribution in [0.5, 0.6) is 0 Å². The molecule has 0 amide bonds. The molecule has 0 radical (unpaired) electrons. The van der Waals surface area contributed by atoms with Crippen molar-refractivity contribution in [3.8, 4) is 0 Å². The van der Waals surface area contributed by atoms with Gasteiger partial charge in [-0.15, -0.1) is 0 Å². The number of nitrogens with zero attached hydrogens (tertiary/aromatic N) is 2. The largest absolute Gasteiger partial charge is 0.481 e. The smallest absolute Gasteiger partial charge is 0.312 e. The zero-order valence-corrected chi connectivity index (χ0v) is 12.4. The van der Waals surface area contributed by atoms with E-state index in [1.807, 2.05) is 37.3 Å². The lowest BCUT2D eigenvalue weighted by atomic mass is 9.94. The Morgan fingerprint density at radius 3 is 2.76 bits per heavy atom. The first kappa shape index (κ1) is 15.2. The predicted octanol–water partition coefficient (Wildman–Crippen LogP) is 3.15. The lowest BCUT2D eigenvalue weighted by molar-refractivity contribution is -0.138. The lowest BCUT2D eigenvalue weighted by Gasteiger charge is -2.13. The first-order valence-corrected chi connectivity index (χ1v) is 7.19. The molecule has 0 spiro atoms. The number of rotatable bonds is 6. The summed E-state index contributed by atoms with van der Waals surface area (Å²) in [5, 5.41) is 9.52. The Balaban J connectivity index is 2.26. The van der Waals surface area contributed by atoms with E-state index in [-0.39, 0.29) is 0 Å². The molecule has 0 fully saturated rings. The number of aryl methyl sites for hydroxylation is 2. The van der Waals surface area contributed by atoms with Gasteiger partial charge in [-0.05, 0) is 31.4 Å². The van der Waals surface area contributed by atoms with Crippen LogP contribution in [0.25, 0.3) is 0 Å². The summed E-state index contributed by atoms with van der Waals surface area (Å²) >= 11 is 0. The molecule has 4 heteroatoms. The van der Waals surface area contributed by atoms with E-state index < -0.39 is 11.9 Å². The first-order chi connectivity index (χ1) is 10.1. The number of benzene rings is 1. The van der Waals surface area contributed by atoms with Crippen LogP contribution in [0.4, 0.5) is 0 Å². The van der Waals surface area contributed by atoms with Gasteiger partial charge < -0.3 is 5.11 Å². The van der Waals surface area contributed by atoms with Crippen LogP contribution in [0.1, 0.15) is 41.8 Å². The van der Waals surface area contributed by atoms with E-state index in [2.05, 4.69) is 16.9 Å². The molecular formula is C17H20N2O2. The third-order valence-corrected chi connectivity index (χ3v) is 3.43.